The van der Waals surface area contributed by atoms with Gasteiger partial charge in [0.15, 0.2) is 0 Å². The van der Waals surface area contributed by atoms with Gasteiger partial charge in [-0.05, 0) is 40.2 Å². The third-order valence-corrected chi connectivity index (χ3v) is 4.39. The number of halogens is 2. The van der Waals surface area contributed by atoms with E-state index in [1.54, 1.807) is 12.1 Å². The average molecular weight is 325 g/mol. The second kappa shape index (κ2) is 5.54. The largest absolute Gasteiger partial charge is 0.384 e. The SMILES string of the molecule is N=C(N)c1c(F)cccc1Sc1ccccc1Br. The molecule has 0 saturated heterocycles. The van der Waals surface area contributed by atoms with Crippen molar-refractivity contribution in [1.82, 2.24) is 0 Å². The first-order valence-electron chi connectivity index (χ1n) is 5.15. The topological polar surface area (TPSA) is 49.9 Å². The molecule has 0 bridgehead atoms. The van der Waals surface area contributed by atoms with Gasteiger partial charge in [0.05, 0.1) is 5.56 Å². The van der Waals surface area contributed by atoms with Gasteiger partial charge in [0.2, 0.25) is 0 Å². The minimum absolute atomic E-state index is 0.151. The minimum atomic E-state index is -0.473. The second-order valence-electron chi connectivity index (χ2n) is 3.56. The zero-order valence-electron chi connectivity index (χ0n) is 9.28. The fraction of sp³-hybridized carbons (Fsp3) is 0. The molecular weight excluding hydrogens is 315 g/mol. The van der Waals surface area contributed by atoms with E-state index in [1.807, 2.05) is 24.3 Å². The fourth-order valence-corrected chi connectivity index (χ4v) is 3.03. The Morgan fingerprint density at radius 2 is 1.78 bits per heavy atom. The Bertz CT molecular complexity index is 601. The van der Waals surface area contributed by atoms with Gasteiger partial charge in [-0.25, -0.2) is 4.39 Å². The summed E-state index contributed by atoms with van der Waals surface area (Å²) in [6, 6.07) is 12.3. The molecule has 0 aliphatic heterocycles. The van der Waals surface area contributed by atoms with E-state index in [1.165, 1.54) is 17.8 Å². The van der Waals surface area contributed by atoms with E-state index >= 15 is 0 Å². The number of rotatable bonds is 3. The molecule has 0 fully saturated rings. The van der Waals surface area contributed by atoms with Crippen molar-refractivity contribution in [2.24, 2.45) is 5.73 Å². The molecule has 0 aliphatic carbocycles. The minimum Gasteiger partial charge on any atom is -0.384 e. The molecule has 3 N–H and O–H groups in total. The van der Waals surface area contributed by atoms with Crippen LogP contribution in [0.2, 0.25) is 0 Å². The molecule has 2 nitrogen and oxygen atoms in total. The molecule has 5 heteroatoms. The van der Waals surface area contributed by atoms with Crippen molar-refractivity contribution in [1.29, 1.82) is 5.41 Å². The molecule has 0 saturated carbocycles. The maximum absolute atomic E-state index is 13.7. The summed E-state index contributed by atoms with van der Waals surface area (Å²) >= 11 is 4.81. The Labute approximate surface area is 117 Å². The third-order valence-electron chi connectivity index (χ3n) is 2.30. The van der Waals surface area contributed by atoms with Crippen molar-refractivity contribution in [3.05, 3.63) is 58.3 Å². The second-order valence-corrected chi connectivity index (χ2v) is 5.50. The monoisotopic (exact) mass is 324 g/mol. The predicted octanol–water partition coefficient (Wildman–Crippen LogP) is 4.02. The van der Waals surface area contributed by atoms with Gasteiger partial charge in [-0.1, -0.05) is 30.0 Å². The summed E-state index contributed by atoms with van der Waals surface area (Å²) in [6.07, 6.45) is 0. The van der Waals surface area contributed by atoms with E-state index in [4.69, 9.17) is 11.1 Å². The summed E-state index contributed by atoms with van der Waals surface area (Å²) in [4.78, 5) is 1.58. The van der Waals surface area contributed by atoms with Crippen molar-refractivity contribution < 1.29 is 4.39 Å². The average Bonchev–Trinajstić information content (AvgIpc) is 2.31. The van der Waals surface area contributed by atoms with Crippen molar-refractivity contribution in [2.45, 2.75) is 9.79 Å². The van der Waals surface area contributed by atoms with Crippen molar-refractivity contribution in [3.63, 3.8) is 0 Å². The van der Waals surface area contributed by atoms with Crippen LogP contribution in [0.3, 0.4) is 0 Å². The molecule has 0 spiro atoms. The van der Waals surface area contributed by atoms with Crippen LogP contribution in [-0.4, -0.2) is 5.84 Å². The lowest BCUT2D eigenvalue weighted by Crippen LogP contribution is -2.14. The van der Waals surface area contributed by atoms with Crippen LogP contribution in [0.5, 0.6) is 0 Å². The van der Waals surface area contributed by atoms with Gasteiger partial charge in [0, 0.05) is 14.3 Å². The van der Waals surface area contributed by atoms with Crippen LogP contribution in [0.25, 0.3) is 0 Å². The van der Waals surface area contributed by atoms with Crippen LogP contribution in [0.1, 0.15) is 5.56 Å². The van der Waals surface area contributed by atoms with Crippen molar-refractivity contribution in [2.75, 3.05) is 0 Å². The number of benzene rings is 2. The molecule has 0 amide bonds. The zero-order chi connectivity index (χ0) is 13.1. The third kappa shape index (κ3) is 2.73. The molecule has 2 rings (SSSR count). The summed E-state index contributed by atoms with van der Waals surface area (Å²) in [5.41, 5.74) is 5.58. The first kappa shape index (κ1) is 13.1. The lowest BCUT2D eigenvalue weighted by Gasteiger charge is -2.09. The maximum Gasteiger partial charge on any atom is 0.135 e. The van der Waals surface area contributed by atoms with Crippen LogP contribution in [0.4, 0.5) is 4.39 Å². The highest BCUT2D eigenvalue weighted by atomic mass is 79.9. The molecule has 2 aromatic rings. The summed E-state index contributed by atoms with van der Waals surface area (Å²) in [5, 5.41) is 7.45. The van der Waals surface area contributed by atoms with Gasteiger partial charge < -0.3 is 5.73 Å². The molecule has 0 radical (unpaired) electrons. The highest BCUT2D eigenvalue weighted by Gasteiger charge is 2.13. The molecule has 0 heterocycles. The number of hydrogen-bond acceptors (Lipinski definition) is 2. The predicted molar refractivity (Wildman–Crippen MR) is 75.7 cm³/mol. The molecule has 0 unspecified atom stereocenters. The fourth-order valence-electron chi connectivity index (χ4n) is 1.50. The number of hydrogen-bond donors (Lipinski definition) is 2. The lowest BCUT2D eigenvalue weighted by molar-refractivity contribution is 0.621. The molecule has 2 aromatic carbocycles. The number of nitrogens with one attached hydrogen (secondary N) is 1. The lowest BCUT2D eigenvalue weighted by atomic mass is 10.2. The molecule has 0 atom stereocenters. The standard InChI is InChI=1S/C13H10BrFN2S/c14-8-4-1-2-6-10(8)18-11-7-3-5-9(15)12(11)13(16)17/h1-7H,(H3,16,17). The Morgan fingerprint density at radius 1 is 1.11 bits per heavy atom. The van der Waals surface area contributed by atoms with Crippen LogP contribution in [0.15, 0.2) is 56.7 Å². The van der Waals surface area contributed by atoms with E-state index < -0.39 is 5.82 Å². The molecule has 0 aromatic heterocycles. The van der Waals surface area contributed by atoms with E-state index in [0.29, 0.717) is 4.90 Å². The Balaban J connectivity index is 2.44. The van der Waals surface area contributed by atoms with Crippen molar-refractivity contribution in [3.8, 4) is 0 Å². The number of nitrogen functional groups attached to an aromatic ring is 1. The Morgan fingerprint density at radius 3 is 2.44 bits per heavy atom. The summed E-state index contributed by atoms with van der Waals surface area (Å²) in [6.45, 7) is 0. The van der Waals surface area contributed by atoms with Gasteiger partial charge in [0.1, 0.15) is 11.7 Å². The van der Waals surface area contributed by atoms with Gasteiger partial charge in [0.25, 0.3) is 0 Å². The highest BCUT2D eigenvalue weighted by Crippen LogP contribution is 2.35. The van der Waals surface area contributed by atoms with E-state index in [2.05, 4.69) is 15.9 Å². The quantitative estimate of drug-likeness (QED) is 0.661. The summed E-state index contributed by atoms with van der Waals surface area (Å²) in [7, 11) is 0. The Kier molecular flexibility index (Phi) is 4.04. The van der Waals surface area contributed by atoms with Crippen LogP contribution < -0.4 is 5.73 Å². The maximum atomic E-state index is 13.7. The van der Waals surface area contributed by atoms with Gasteiger partial charge >= 0.3 is 0 Å². The first-order chi connectivity index (χ1) is 8.59. The van der Waals surface area contributed by atoms with Gasteiger partial charge in [-0.3, -0.25) is 5.41 Å². The molecule has 0 aliphatic rings. The molecular formula is C13H10BrFN2S. The first-order valence-corrected chi connectivity index (χ1v) is 6.76. The smallest absolute Gasteiger partial charge is 0.135 e. The van der Waals surface area contributed by atoms with Gasteiger partial charge in [-0.15, -0.1) is 0 Å². The number of amidine groups is 1. The van der Waals surface area contributed by atoms with E-state index in [-0.39, 0.29) is 11.4 Å². The van der Waals surface area contributed by atoms with Crippen molar-refractivity contribution >= 4 is 33.5 Å². The number of nitrogens with two attached hydrogens (primary N) is 1. The highest BCUT2D eigenvalue weighted by molar-refractivity contribution is 9.10. The normalized spacial score (nSPS) is 10.3. The van der Waals surface area contributed by atoms with Gasteiger partial charge in [-0.2, -0.15) is 0 Å². The van der Waals surface area contributed by atoms with Crippen LogP contribution >= 0.6 is 27.7 Å². The van der Waals surface area contributed by atoms with Crippen LogP contribution in [0, 0.1) is 11.2 Å². The van der Waals surface area contributed by atoms with E-state index in [0.717, 1.165) is 9.37 Å². The zero-order valence-corrected chi connectivity index (χ0v) is 11.7. The van der Waals surface area contributed by atoms with Crippen LogP contribution in [-0.2, 0) is 0 Å². The molecule has 18 heavy (non-hydrogen) atoms. The summed E-state index contributed by atoms with van der Waals surface area (Å²) < 4.78 is 14.6. The molecule has 92 valence electrons. The van der Waals surface area contributed by atoms with E-state index in [9.17, 15) is 4.39 Å². The Hall–Kier alpha value is -1.33. The summed E-state index contributed by atoms with van der Waals surface area (Å²) in [5.74, 6) is -0.734.